The molecule has 38 N–H and O–H groups in total. The van der Waals surface area contributed by atoms with Crippen molar-refractivity contribution in [2.75, 3.05) is 82.5 Å². The lowest BCUT2D eigenvalue weighted by Gasteiger charge is -2.29. The van der Waals surface area contributed by atoms with E-state index in [0.29, 0.717) is 34.9 Å². The van der Waals surface area contributed by atoms with Gasteiger partial charge < -0.3 is 175 Å². The maximum Gasteiger partial charge on any atom is 0.326 e. The van der Waals surface area contributed by atoms with Gasteiger partial charge >= 0.3 is 5.97 Å². The molecule has 3 heterocycles. The molecule has 1 aliphatic rings. The lowest BCUT2D eigenvalue weighted by Crippen LogP contribution is -2.62. The number of nitrogens with zero attached hydrogens (tertiary/aromatic N) is 2. The molecule has 55 nitrogen and oxygen atoms in total. The van der Waals surface area contributed by atoms with Crippen molar-refractivity contribution >= 4 is 172 Å². The number of aliphatic hydroxyl groups excluding tert-OH is 5. The van der Waals surface area contributed by atoms with Crippen LogP contribution < -0.4 is 124 Å². The molecule has 802 valence electrons. The molecule has 58 heteroatoms. The average Bonchev–Trinajstić information content (AvgIpc) is 1.68. The van der Waals surface area contributed by atoms with E-state index < -0.39 is 278 Å². The van der Waals surface area contributed by atoms with Gasteiger partial charge in [-0.05, 0) is 140 Å². The number of carboxylic acid groups (broad SMARTS) is 1. The molecule has 0 radical (unpaired) electrons. The molecule has 145 heavy (non-hydrogen) atoms. The molecule has 0 saturated carbocycles. The number of carboxylic acids is 1. The Hall–Kier alpha value is -13.8. The first-order valence-corrected chi connectivity index (χ1v) is 48.9. The van der Waals surface area contributed by atoms with Gasteiger partial charge in [0.15, 0.2) is 11.9 Å². The number of hydrogen-bond donors (Lipinski definition) is 36. The van der Waals surface area contributed by atoms with Gasteiger partial charge in [0, 0.05) is 79.4 Å². The molecule has 1 saturated heterocycles. The number of phenols is 1. The second kappa shape index (κ2) is 62.7. The maximum atomic E-state index is 14.7. The highest BCUT2D eigenvalue weighted by Gasteiger charge is 2.42. The van der Waals surface area contributed by atoms with Gasteiger partial charge in [0.2, 0.25) is 106 Å². The zero-order chi connectivity index (χ0) is 108. The number of aromatic nitrogens is 3. The number of thiol groups is 2. The van der Waals surface area contributed by atoms with Crippen molar-refractivity contribution < 1.29 is 127 Å². The van der Waals surface area contributed by atoms with E-state index >= 15 is 0 Å². The van der Waals surface area contributed by atoms with Crippen LogP contribution in [0.5, 0.6) is 5.75 Å². The van der Waals surface area contributed by atoms with Crippen LogP contribution in [0.15, 0.2) is 67.3 Å². The van der Waals surface area contributed by atoms with E-state index in [2.05, 4.69) is 141 Å². The van der Waals surface area contributed by atoms with Crippen LogP contribution in [0.2, 0.25) is 0 Å². The molecule has 1 aliphatic heterocycles. The van der Waals surface area contributed by atoms with Gasteiger partial charge in [0.1, 0.15) is 102 Å². The van der Waals surface area contributed by atoms with Crippen LogP contribution in [0.25, 0.3) is 10.9 Å². The number of aromatic hydroxyl groups is 1. The second-order valence-corrected chi connectivity index (χ2v) is 35.7. The first-order valence-electron chi connectivity index (χ1n) is 46.3. The van der Waals surface area contributed by atoms with E-state index in [0.717, 1.165) is 20.8 Å². The number of phenolic OH excluding ortho intramolecular Hbond substituents is 1. The predicted molar refractivity (Wildman–Crippen MR) is 529 cm³/mol. The lowest BCUT2D eigenvalue weighted by molar-refractivity contribution is -0.143. The number of likely N-dealkylation sites (tertiary alicyclic amines) is 1. The molecular weight excluding hydrogens is 1960 g/mol. The molecule has 5 rings (SSSR count). The van der Waals surface area contributed by atoms with E-state index in [-0.39, 0.29) is 120 Å². The first-order chi connectivity index (χ1) is 68.8. The quantitative estimate of drug-likeness (QED) is 0.00845. The monoisotopic (exact) mass is 2100 g/mol. The van der Waals surface area contributed by atoms with Gasteiger partial charge in [-0.2, -0.15) is 37.0 Å². The molecule has 2 aromatic carbocycles. The number of aliphatic carboxylic acids is 1. The van der Waals surface area contributed by atoms with E-state index in [1.807, 2.05) is 0 Å². The zero-order valence-electron chi connectivity index (χ0n) is 80.4. The van der Waals surface area contributed by atoms with E-state index in [4.69, 9.17) is 33.8 Å². The fraction of sp³-hybridized carbons (Fsp3) is 0.563. The Bertz CT molecular complexity index is 5060. The summed E-state index contributed by atoms with van der Waals surface area (Å²) in [6, 6.07) is -12.9. The minimum atomic E-state index is -1.88. The SMILES string of the molecule is CSCC[C@H](NC(=O)[C@H](Cc1ccc(O)cc1)NC(=O)[C@H](Cc1cnc[nH]1)NC(=O)CNC(=O)CNC(=O)CNC(=O)[C@H](CS)NC(=O)[C@@H](NC(=O)[C@H](C)NC(=O)[C@H](CO)NC(=O)[C@H](CS)NC(=O)[C@H](CCCCN)NC(=O)[C@@H](NC(=O)[C@H](Cc1c[nH]c2ccccc12)NC(=O)[C@@H]1CCCN1C(=O)[C@@H](N)CO)[C@@H](C)O)[C@@H](C)O)C(=O)N[C@@H](CCCNC(=N)N)C(=O)N[C@H](C(=O)N[C@@H](CCCNC(=N)N)C(=O)O)[C@@H](C)O. The number of fused-ring (bicyclic) bond motifs is 1. The molecule has 0 bridgehead atoms. The number of rotatable bonds is 64. The second-order valence-electron chi connectivity index (χ2n) is 34.0. The van der Waals surface area contributed by atoms with Crippen molar-refractivity contribution in [2.45, 2.75) is 226 Å². The van der Waals surface area contributed by atoms with Crippen LogP contribution >= 0.6 is 37.0 Å². The predicted octanol–water partition coefficient (Wildman–Crippen LogP) is -12.4. The number of imidazole rings is 1. The number of nitrogens with one attached hydrogen (secondary N) is 23. The molecule has 1 fully saturated rings. The third-order valence-electron chi connectivity index (χ3n) is 22.5. The molecule has 0 aliphatic carbocycles. The fourth-order valence-corrected chi connectivity index (χ4v) is 15.5. The first kappa shape index (κ1) is 122. The third kappa shape index (κ3) is 41.5. The highest BCUT2D eigenvalue weighted by Crippen LogP contribution is 2.23. The number of hydrogen-bond acceptors (Lipinski definition) is 33. The Labute approximate surface area is 847 Å². The maximum absolute atomic E-state index is 14.7. The minimum Gasteiger partial charge on any atom is -0.508 e. The van der Waals surface area contributed by atoms with Crippen LogP contribution in [0.4, 0.5) is 0 Å². The molecule has 18 amide bonds. The van der Waals surface area contributed by atoms with Crippen molar-refractivity contribution in [1.29, 1.82) is 10.8 Å². The summed E-state index contributed by atoms with van der Waals surface area (Å²) in [7, 11) is 0. The number of guanidine groups is 2. The summed E-state index contributed by atoms with van der Waals surface area (Å²) >= 11 is 9.57. The summed E-state index contributed by atoms with van der Waals surface area (Å²) < 4.78 is 0. The van der Waals surface area contributed by atoms with Crippen molar-refractivity contribution in [2.24, 2.45) is 22.9 Å². The Morgan fingerprint density at radius 1 is 0.490 bits per heavy atom. The molecule has 0 unspecified atom stereocenters. The highest BCUT2D eigenvalue weighted by molar-refractivity contribution is 7.98. The Kier molecular flexibility index (Phi) is 52.6. The molecule has 4 aromatic rings. The minimum absolute atomic E-state index is 0.00806. The van der Waals surface area contributed by atoms with Gasteiger partial charge in [-0.3, -0.25) is 97.1 Å². The van der Waals surface area contributed by atoms with E-state index in [9.17, 15) is 127 Å². The van der Waals surface area contributed by atoms with Gasteiger partial charge in [-0.1, -0.05) is 30.3 Å². The summed E-state index contributed by atoms with van der Waals surface area (Å²) in [4.78, 5) is 273. The van der Waals surface area contributed by atoms with Crippen molar-refractivity contribution in [3.63, 3.8) is 0 Å². The van der Waals surface area contributed by atoms with Crippen molar-refractivity contribution in [1.82, 2.24) is 121 Å². The number of carbonyl (C=O) groups excluding carboxylic acids is 18. The fourth-order valence-electron chi connectivity index (χ4n) is 14.5. The Balaban J connectivity index is 1.16. The lowest BCUT2D eigenvalue weighted by atomic mass is 10.0. The third-order valence-corrected chi connectivity index (χ3v) is 23.8. The number of unbranched alkanes of at least 4 members (excludes halogenated alkanes) is 1. The summed E-state index contributed by atoms with van der Waals surface area (Å²) in [5, 5.41) is 134. The topological polar surface area (TPSA) is 894 Å². The summed E-state index contributed by atoms with van der Waals surface area (Å²) in [6.07, 6.45) is 0.599. The number of carbonyl (C=O) groups is 19. The van der Waals surface area contributed by atoms with Gasteiger partial charge in [-0.25, -0.2) is 9.78 Å². The van der Waals surface area contributed by atoms with Gasteiger partial charge in [0.05, 0.1) is 57.5 Å². The van der Waals surface area contributed by atoms with Crippen LogP contribution in [0.1, 0.15) is 109 Å². The number of amides is 18. The van der Waals surface area contributed by atoms with E-state index in [1.165, 1.54) is 60.4 Å². The van der Waals surface area contributed by atoms with Gasteiger partial charge in [-0.15, -0.1) is 0 Å². The average molecular weight is 2100 g/mol. The van der Waals surface area contributed by atoms with Crippen LogP contribution in [-0.2, 0) is 110 Å². The molecule has 0 spiro atoms. The normalized spacial score (nSPS) is 15.9. The largest absolute Gasteiger partial charge is 0.508 e. The molecule has 19 atom stereocenters. The van der Waals surface area contributed by atoms with Crippen LogP contribution in [0.3, 0.4) is 0 Å². The summed E-state index contributed by atoms with van der Waals surface area (Å²) in [6.45, 7) is 0.474. The number of thioether (sulfide) groups is 1. The van der Waals surface area contributed by atoms with Crippen LogP contribution in [0, 0.1) is 10.8 Å². The number of aliphatic hydroxyl groups is 5. The highest BCUT2D eigenvalue weighted by atomic mass is 32.2. The molecule has 2 aromatic heterocycles. The summed E-state index contributed by atoms with van der Waals surface area (Å²) in [5.41, 5.74) is 24.2. The van der Waals surface area contributed by atoms with E-state index in [1.54, 1.807) is 36.7 Å². The molecular formula is C87H135N29O26S3. The number of nitrogens with two attached hydrogens (primary N) is 4. The number of aromatic amines is 2. The standard InChI is InChI=1S/C87H135N29O26S3/c1-42(102-78(134)60(38-118)110-79(135)62(40-144)111-72(128)53(15-8-9-24-88)106-81(137)68(44(3)120)115-77(133)58(30-47-32-97-52-14-7-6-13-50(47)52)109-80(136)63-18-12-27-116(63)84(140)51(89)37-117)70(126)113-67(43(2)119)83(139)112-61(39-143)71(127)100-35-65(124)98-34-64(123)99-36-66(125)103-59(31-48-33-94-41-101-48)76(132)108-57(29-46-19-21-49(122)22-20-46)75(131)105-55(23-28-145-5)73(129)104-54(16-10-25-95-86(90)91)74(130)114-69(45(4)121)82(138)107-56(85(141)142)17-11-26-96-87(92)93/h6-7,13-14,19-22,32-33,41-45,51,53-63,67-69,97,117-122,143-144H,8-12,15-18,23-31,34-40,88-89H2,1-5H3,(H,94,101)(H,98,124)(H,99,123)(H,100,127)(H,102,134)(H,103,125)(H,104,129)(H,105,131)(H,106,137)(H,107,138)(H,108,132)(H,109,136)(H,110,135)(H,111,128)(H,112,139)(H,113,126)(H,114,130)(H,115,133)(H,141,142)(H4,90,91,95)(H4,92,93,96)/t42-,43+,44+,45+,51-,53-,54-,55-,56-,57-,58-,59-,60-,61-,62-,63-,67-,68-,69-/m0/s1. The Morgan fingerprint density at radius 3 is 1.46 bits per heavy atom. The van der Waals surface area contributed by atoms with Gasteiger partial charge in [0.25, 0.3) is 0 Å². The van der Waals surface area contributed by atoms with Crippen molar-refractivity contribution in [3.05, 3.63) is 84.1 Å². The Morgan fingerprint density at radius 2 is 0.938 bits per heavy atom. The number of benzene rings is 2. The van der Waals surface area contributed by atoms with Crippen molar-refractivity contribution in [3.8, 4) is 5.75 Å². The number of H-pyrrole nitrogens is 2. The zero-order valence-corrected chi connectivity index (χ0v) is 83.0. The summed E-state index contributed by atoms with van der Waals surface area (Å²) in [5.74, 6) is -21.6. The number of para-hydroxylation sites is 1. The van der Waals surface area contributed by atoms with Crippen LogP contribution in [-0.4, -0.2) is 377 Å². The smallest absolute Gasteiger partial charge is 0.326 e.